The Labute approximate surface area is 338 Å². The van der Waals surface area contributed by atoms with E-state index in [0.29, 0.717) is 44.2 Å². The summed E-state index contributed by atoms with van der Waals surface area (Å²) in [5, 5.41) is 21.0. The molecule has 0 saturated carbocycles. The Morgan fingerprint density at radius 1 is 0.607 bits per heavy atom. The molecule has 320 valence electrons. The third kappa shape index (κ3) is 23.4. The van der Waals surface area contributed by atoms with Gasteiger partial charge in [0.2, 0.25) is 29.5 Å². The van der Waals surface area contributed by atoms with Crippen molar-refractivity contribution in [2.45, 2.75) is 194 Å². The fourth-order valence-corrected chi connectivity index (χ4v) is 6.80. The van der Waals surface area contributed by atoms with Gasteiger partial charge in [0.05, 0.1) is 0 Å². The van der Waals surface area contributed by atoms with Gasteiger partial charge in [0.15, 0.2) is 0 Å². The highest BCUT2D eigenvalue weighted by molar-refractivity contribution is 5.95. The highest BCUT2D eigenvalue weighted by Gasteiger charge is 2.32. The van der Waals surface area contributed by atoms with Crippen LogP contribution in [0.4, 0.5) is 0 Å². The van der Waals surface area contributed by atoms with Gasteiger partial charge in [-0.2, -0.15) is 0 Å². The molecule has 0 unspecified atom stereocenters. The number of carbonyl (C=O) groups is 5. The van der Waals surface area contributed by atoms with E-state index in [1.807, 2.05) is 13.8 Å². The van der Waals surface area contributed by atoms with Crippen molar-refractivity contribution in [1.82, 2.24) is 21.3 Å². The molecule has 0 spiro atoms. The average molecular weight is 787 g/mol. The van der Waals surface area contributed by atoms with Gasteiger partial charge < -0.3 is 37.8 Å². The van der Waals surface area contributed by atoms with Gasteiger partial charge in [0, 0.05) is 12.8 Å². The van der Waals surface area contributed by atoms with E-state index in [-0.39, 0.29) is 29.9 Å². The molecule has 0 aliphatic carbocycles. The summed E-state index contributed by atoms with van der Waals surface area (Å²) in [6, 6.07) is 2.31. The number of unbranched alkanes of at least 4 members (excludes halogenated alkanes) is 15. The molecule has 56 heavy (non-hydrogen) atoms. The highest BCUT2D eigenvalue weighted by atomic mass is 16.3. The summed E-state index contributed by atoms with van der Waals surface area (Å²) in [6.07, 6.45) is 20.9. The Balaban J connectivity index is 2.77. The number of nitrogens with two attached hydrogens (primary N) is 2. The molecule has 0 bridgehead atoms. The summed E-state index contributed by atoms with van der Waals surface area (Å²) in [5.41, 5.74) is 12.0. The van der Waals surface area contributed by atoms with Crippen LogP contribution in [-0.2, 0) is 30.4 Å². The van der Waals surface area contributed by atoms with Crippen molar-refractivity contribution >= 4 is 29.5 Å². The van der Waals surface area contributed by atoms with E-state index < -0.39 is 47.8 Å². The SMILES string of the molecule is CCCCCCCCCCCCCCCCCC(=O)N[C@@H](CCCCN)C(=O)N[C@H](C(=O)N[C@@H](Cc1ccc(O)cc1)C(=O)N[C@@H](CC(C)C)C(N)=O)C(C)C. The van der Waals surface area contributed by atoms with Crippen LogP contribution in [-0.4, -0.2) is 65.4 Å². The topological polar surface area (TPSA) is 206 Å². The lowest BCUT2D eigenvalue weighted by molar-refractivity contribution is -0.135. The van der Waals surface area contributed by atoms with Gasteiger partial charge in [-0.3, -0.25) is 24.0 Å². The average Bonchev–Trinajstić information content (AvgIpc) is 3.14. The molecule has 1 aromatic rings. The Kier molecular flexibility index (Phi) is 27.4. The molecule has 12 heteroatoms. The number of rotatable bonds is 33. The van der Waals surface area contributed by atoms with E-state index in [1.165, 1.54) is 89.2 Å². The quantitative estimate of drug-likeness (QED) is 0.0396. The fourth-order valence-electron chi connectivity index (χ4n) is 6.80. The molecule has 1 rings (SSSR count). The van der Waals surface area contributed by atoms with Crippen LogP contribution in [0.1, 0.15) is 169 Å². The van der Waals surface area contributed by atoms with Crippen LogP contribution in [0.3, 0.4) is 0 Å². The lowest BCUT2D eigenvalue weighted by Gasteiger charge is -2.28. The summed E-state index contributed by atoms with van der Waals surface area (Å²) < 4.78 is 0. The first kappa shape index (κ1) is 50.3. The number of benzene rings is 1. The number of carbonyl (C=O) groups excluding carboxylic acids is 5. The zero-order valence-corrected chi connectivity index (χ0v) is 35.5. The van der Waals surface area contributed by atoms with Crippen LogP contribution >= 0.6 is 0 Å². The zero-order chi connectivity index (χ0) is 41.7. The fraction of sp³-hybridized carbons (Fsp3) is 0.750. The minimum Gasteiger partial charge on any atom is -0.508 e. The van der Waals surface area contributed by atoms with Crippen molar-refractivity contribution in [3.8, 4) is 5.75 Å². The van der Waals surface area contributed by atoms with Crippen molar-refractivity contribution in [3.05, 3.63) is 29.8 Å². The van der Waals surface area contributed by atoms with Crippen molar-refractivity contribution in [2.24, 2.45) is 23.3 Å². The van der Waals surface area contributed by atoms with Crippen LogP contribution in [0, 0.1) is 11.8 Å². The summed E-state index contributed by atoms with van der Waals surface area (Å²) in [4.78, 5) is 66.2. The predicted octanol–water partition coefficient (Wildman–Crippen LogP) is 6.45. The Morgan fingerprint density at radius 3 is 1.59 bits per heavy atom. The van der Waals surface area contributed by atoms with E-state index >= 15 is 0 Å². The minimum atomic E-state index is -1.12. The number of hydrogen-bond acceptors (Lipinski definition) is 7. The largest absolute Gasteiger partial charge is 0.508 e. The number of nitrogens with one attached hydrogen (secondary N) is 4. The van der Waals surface area contributed by atoms with Crippen LogP contribution in [0.2, 0.25) is 0 Å². The van der Waals surface area contributed by atoms with Gasteiger partial charge in [-0.05, 0) is 68.2 Å². The number of primary amides is 1. The molecule has 0 aromatic heterocycles. The van der Waals surface area contributed by atoms with Crippen molar-refractivity contribution in [3.63, 3.8) is 0 Å². The first-order valence-corrected chi connectivity index (χ1v) is 21.8. The maximum Gasteiger partial charge on any atom is 0.243 e. The first-order chi connectivity index (χ1) is 26.8. The molecular weight excluding hydrogens is 709 g/mol. The molecule has 0 saturated heterocycles. The van der Waals surface area contributed by atoms with Gasteiger partial charge in [-0.25, -0.2) is 0 Å². The number of hydrogen-bond donors (Lipinski definition) is 7. The van der Waals surface area contributed by atoms with E-state index in [9.17, 15) is 29.1 Å². The molecule has 9 N–H and O–H groups in total. The smallest absolute Gasteiger partial charge is 0.243 e. The van der Waals surface area contributed by atoms with Gasteiger partial charge in [0.25, 0.3) is 0 Å². The lowest BCUT2D eigenvalue weighted by Crippen LogP contribution is -2.59. The number of aromatic hydroxyl groups is 1. The van der Waals surface area contributed by atoms with E-state index in [0.717, 1.165) is 19.3 Å². The maximum absolute atomic E-state index is 13.8. The first-order valence-electron chi connectivity index (χ1n) is 21.8. The van der Waals surface area contributed by atoms with E-state index in [2.05, 4.69) is 28.2 Å². The van der Waals surface area contributed by atoms with Crippen molar-refractivity contribution < 1.29 is 29.1 Å². The van der Waals surface area contributed by atoms with Gasteiger partial charge in [-0.15, -0.1) is 0 Å². The minimum absolute atomic E-state index is 0.0509. The number of phenolic OH excluding ortho intramolecular Hbond substituents is 1. The monoisotopic (exact) mass is 787 g/mol. The molecule has 4 atom stereocenters. The molecule has 0 aliphatic rings. The Morgan fingerprint density at radius 2 is 1.11 bits per heavy atom. The molecule has 0 heterocycles. The third-order valence-electron chi connectivity index (χ3n) is 10.2. The predicted molar refractivity (Wildman–Crippen MR) is 225 cm³/mol. The van der Waals surface area contributed by atoms with Crippen molar-refractivity contribution in [1.29, 1.82) is 0 Å². The molecule has 5 amide bonds. The van der Waals surface area contributed by atoms with Gasteiger partial charge >= 0.3 is 0 Å². The molecule has 1 aromatic carbocycles. The molecule has 0 fully saturated rings. The summed E-state index contributed by atoms with van der Waals surface area (Å²) >= 11 is 0. The third-order valence-corrected chi connectivity index (χ3v) is 10.2. The molecule has 0 radical (unpaired) electrons. The maximum atomic E-state index is 13.8. The van der Waals surface area contributed by atoms with Gasteiger partial charge in [0.1, 0.15) is 29.9 Å². The second-order valence-electron chi connectivity index (χ2n) is 16.4. The molecule has 0 aliphatic heterocycles. The Hall–Kier alpha value is -3.67. The molecule has 12 nitrogen and oxygen atoms in total. The zero-order valence-electron chi connectivity index (χ0n) is 35.5. The van der Waals surface area contributed by atoms with Crippen LogP contribution in [0.5, 0.6) is 5.75 Å². The van der Waals surface area contributed by atoms with Crippen molar-refractivity contribution in [2.75, 3.05) is 6.54 Å². The summed E-state index contributed by atoms with van der Waals surface area (Å²) in [5.74, 6) is -2.80. The second-order valence-corrected chi connectivity index (χ2v) is 16.4. The number of phenols is 1. The van der Waals surface area contributed by atoms with Crippen LogP contribution in [0.15, 0.2) is 24.3 Å². The second kappa shape index (κ2) is 30.5. The van der Waals surface area contributed by atoms with Gasteiger partial charge in [-0.1, -0.05) is 137 Å². The van der Waals surface area contributed by atoms with Crippen LogP contribution < -0.4 is 32.7 Å². The van der Waals surface area contributed by atoms with E-state index in [1.54, 1.807) is 26.0 Å². The lowest BCUT2D eigenvalue weighted by atomic mass is 9.99. The highest BCUT2D eigenvalue weighted by Crippen LogP contribution is 2.16. The standard InChI is InChI=1S/C44H78N6O6/c1-6-7-8-9-10-11-12-13-14-15-16-17-18-19-20-24-39(52)47-36(23-21-22-29-45)42(54)50-40(33(4)5)44(56)49-38(31-34-25-27-35(51)28-26-34)43(55)48-37(41(46)53)30-32(2)3/h25-28,32-33,36-38,40,51H,6-24,29-31,45H2,1-5H3,(H2,46,53)(H,47,52)(H,48,55)(H,49,56)(H,50,54)/t36-,37-,38-,40-/m0/s1. The normalized spacial score (nSPS) is 13.5. The summed E-state index contributed by atoms with van der Waals surface area (Å²) in [7, 11) is 0. The van der Waals surface area contributed by atoms with E-state index in [4.69, 9.17) is 11.5 Å². The summed E-state index contributed by atoms with van der Waals surface area (Å²) in [6.45, 7) is 10.1. The Bertz CT molecular complexity index is 1260. The number of amides is 5. The molecular formula is C44H78N6O6. The van der Waals surface area contributed by atoms with Crippen LogP contribution in [0.25, 0.3) is 0 Å².